The van der Waals surface area contributed by atoms with Gasteiger partial charge in [0, 0.05) is 35.7 Å². The van der Waals surface area contributed by atoms with Crippen molar-refractivity contribution in [2.45, 2.75) is 44.7 Å². The molecule has 100 valence electrons. The summed E-state index contributed by atoms with van der Waals surface area (Å²) in [7, 11) is 0. The second kappa shape index (κ2) is 4.38. The van der Waals surface area contributed by atoms with Crippen molar-refractivity contribution in [1.82, 2.24) is 9.88 Å². The minimum Gasteiger partial charge on any atom is -0.361 e. The first-order chi connectivity index (χ1) is 9.33. The maximum absolute atomic E-state index is 3.43. The smallest absolute Gasteiger partial charge is 0.0457 e. The molecule has 3 heterocycles. The van der Waals surface area contributed by atoms with E-state index in [-0.39, 0.29) is 0 Å². The zero-order chi connectivity index (χ0) is 12.8. The van der Waals surface area contributed by atoms with E-state index < -0.39 is 0 Å². The molecule has 2 aromatic rings. The Balaban J connectivity index is 1.68. The van der Waals surface area contributed by atoms with E-state index in [9.17, 15) is 0 Å². The summed E-state index contributed by atoms with van der Waals surface area (Å²) in [5.74, 6) is 0.956. The van der Waals surface area contributed by atoms with Crippen LogP contribution in [-0.2, 0) is 0 Å². The fraction of sp³-hybridized carbons (Fsp3) is 0.529. The van der Waals surface area contributed by atoms with E-state index in [0.717, 1.165) is 12.0 Å². The van der Waals surface area contributed by atoms with E-state index in [4.69, 9.17) is 0 Å². The average molecular weight is 254 g/mol. The second-order valence-corrected chi connectivity index (χ2v) is 6.34. The Labute approximate surface area is 114 Å². The molecule has 19 heavy (non-hydrogen) atoms. The molecule has 1 saturated carbocycles. The third-order valence-electron chi connectivity index (χ3n) is 5.32. The van der Waals surface area contributed by atoms with Gasteiger partial charge in [0.15, 0.2) is 0 Å². The van der Waals surface area contributed by atoms with Gasteiger partial charge < -0.3 is 4.98 Å². The largest absolute Gasteiger partial charge is 0.361 e. The Hall–Kier alpha value is -1.28. The van der Waals surface area contributed by atoms with Crippen molar-refractivity contribution in [2.75, 3.05) is 6.54 Å². The van der Waals surface area contributed by atoms with Gasteiger partial charge in [-0.25, -0.2) is 0 Å². The lowest BCUT2D eigenvalue weighted by Gasteiger charge is -2.48. The molecule has 0 spiro atoms. The molecule has 2 saturated heterocycles. The van der Waals surface area contributed by atoms with Gasteiger partial charge in [-0.3, -0.25) is 4.90 Å². The number of H-pyrrole nitrogens is 1. The molecular formula is C17H22N2. The van der Waals surface area contributed by atoms with E-state index in [2.05, 4.69) is 47.3 Å². The van der Waals surface area contributed by atoms with E-state index in [1.54, 1.807) is 0 Å². The first kappa shape index (κ1) is 11.5. The molecular weight excluding hydrogens is 232 g/mol. The number of aromatic nitrogens is 1. The molecule has 1 aromatic heterocycles. The Kier molecular flexibility index (Phi) is 2.66. The monoisotopic (exact) mass is 254 g/mol. The van der Waals surface area contributed by atoms with Crippen LogP contribution in [-0.4, -0.2) is 22.5 Å². The van der Waals surface area contributed by atoms with Gasteiger partial charge in [-0.15, -0.1) is 0 Å². The van der Waals surface area contributed by atoms with Crippen molar-refractivity contribution < 1.29 is 0 Å². The standard InChI is InChI=1S/C17H22N2/c1-12(19-11-13-6-8-14(19)9-7-13)16-10-18-17-5-3-2-4-15(16)17/h2-5,10,12-14,18H,6-9,11H2,1H3. The third-order valence-corrected chi connectivity index (χ3v) is 5.32. The predicted molar refractivity (Wildman–Crippen MR) is 79.2 cm³/mol. The van der Waals surface area contributed by atoms with Crippen molar-refractivity contribution in [3.8, 4) is 0 Å². The Morgan fingerprint density at radius 3 is 2.68 bits per heavy atom. The lowest BCUT2D eigenvalue weighted by atomic mass is 9.79. The highest BCUT2D eigenvalue weighted by Gasteiger charge is 2.36. The summed E-state index contributed by atoms with van der Waals surface area (Å²) < 4.78 is 0. The SMILES string of the molecule is CC(c1c[nH]c2ccccc12)N1CC2CCC1CC2. The molecule has 2 aliphatic heterocycles. The molecule has 2 bridgehead atoms. The third kappa shape index (κ3) is 1.81. The number of nitrogens with one attached hydrogen (secondary N) is 1. The van der Waals surface area contributed by atoms with Gasteiger partial charge in [-0.1, -0.05) is 18.2 Å². The van der Waals surface area contributed by atoms with Crippen LogP contribution in [0.3, 0.4) is 0 Å². The van der Waals surface area contributed by atoms with Gasteiger partial charge in [0.05, 0.1) is 0 Å². The molecule has 5 rings (SSSR count). The molecule has 1 atom stereocenters. The van der Waals surface area contributed by atoms with Gasteiger partial charge in [-0.05, 0) is 50.2 Å². The highest BCUT2D eigenvalue weighted by atomic mass is 15.2. The van der Waals surface area contributed by atoms with Crippen LogP contribution in [0.25, 0.3) is 10.9 Å². The van der Waals surface area contributed by atoms with Crippen molar-refractivity contribution in [3.63, 3.8) is 0 Å². The fourth-order valence-corrected chi connectivity index (χ4v) is 4.20. The van der Waals surface area contributed by atoms with Crippen LogP contribution in [0.2, 0.25) is 0 Å². The summed E-state index contributed by atoms with van der Waals surface area (Å²) >= 11 is 0. The quantitative estimate of drug-likeness (QED) is 0.854. The second-order valence-electron chi connectivity index (χ2n) is 6.34. The zero-order valence-electron chi connectivity index (χ0n) is 11.6. The normalized spacial score (nSPS) is 28.9. The summed E-state index contributed by atoms with van der Waals surface area (Å²) in [5.41, 5.74) is 2.75. The molecule has 1 N–H and O–H groups in total. The summed E-state index contributed by atoms with van der Waals surface area (Å²) in [6, 6.07) is 10.1. The Bertz CT molecular complexity index is 578. The van der Waals surface area contributed by atoms with Gasteiger partial charge in [0.1, 0.15) is 0 Å². The number of aromatic amines is 1. The molecule has 1 aliphatic carbocycles. The molecule has 0 amide bonds. The van der Waals surface area contributed by atoms with Crippen molar-refractivity contribution >= 4 is 10.9 Å². The van der Waals surface area contributed by atoms with Gasteiger partial charge in [0.25, 0.3) is 0 Å². The van der Waals surface area contributed by atoms with E-state index in [1.807, 2.05) is 0 Å². The van der Waals surface area contributed by atoms with Crippen LogP contribution in [0.5, 0.6) is 0 Å². The van der Waals surface area contributed by atoms with Gasteiger partial charge in [0.2, 0.25) is 0 Å². The number of para-hydroxylation sites is 1. The topological polar surface area (TPSA) is 19.0 Å². The minimum atomic E-state index is 0.546. The van der Waals surface area contributed by atoms with Gasteiger partial charge >= 0.3 is 0 Å². The van der Waals surface area contributed by atoms with E-state index in [0.29, 0.717) is 6.04 Å². The first-order valence-corrected chi connectivity index (χ1v) is 7.64. The number of rotatable bonds is 2. The summed E-state index contributed by atoms with van der Waals surface area (Å²) in [5, 5.41) is 1.40. The Morgan fingerprint density at radius 2 is 1.95 bits per heavy atom. The average Bonchev–Trinajstić information content (AvgIpc) is 2.91. The number of hydrogen-bond donors (Lipinski definition) is 1. The number of fused-ring (bicyclic) bond motifs is 4. The highest BCUT2D eigenvalue weighted by Crippen LogP contribution is 2.40. The van der Waals surface area contributed by atoms with Crippen molar-refractivity contribution in [3.05, 3.63) is 36.0 Å². The van der Waals surface area contributed by atoms with Gasteiger partial charge in [-0.2, -0.15) is 0 Å². The molecule has 1 aromatic carbocycles. The number of hydrogen-bond acceptors (Lipinski definition) is 1. The lowest BCUT2D eigenvalue weighted by Crippen LogP contribution is -2.48. The molecule has 1 unspecified atom stereocenters. The molecule has 2 heteroatoms. The summed E-state index contributed by atoms with van der Waals surface area (Å²) in [4.78, 5) is 6.18. The van der Waals surface area contributed by atoms with Crippen LogP contribution in [0.15, 0.2) is 30.5 Å². The Morgan fingerprint density at radius 1 is 1.16 bits per heavy atom. The predicted octanol–water partition coefficient (Wildman–Crippen LogP) is 4.10. The van der Waals surface area contributed by atoms with Crippen LogP contribution in [0, 0.1) is 5.92 Å². The number of piperidine rings is 2. The molecule has 3 aliphatic rings. The minimum absolute atomic E-state index is 0.546. The van der Waals surface area contributed by atoms with E-state index in [1.165, 1.54) is 48.7 Å². The van der Waals surface area contributed by atoms with Crippen LogP contribution < -0.4 is 0 Å². The summed E-state index contributed by atoms with van der Waals surface area (Å²) in [6.07, 6.45) is 7.97. The van der Waals surface area contributed by atoms with Crippen LogP contribution >= 0.6 is 0 Å². The fourth-order valence-electron chi connectivity index (χ4n) is 4.20. The zero-order valence-corrected chi connectivity index (χ0v) is 11.6. The van der Waals surface area contributed by atoms with E-state index >= 15 is 0 Å². The van der Waals surface area contributed by atoms with Crippen LogP contribution in [0.4, 0.5) is 0 Å². The molecule has 2 nitrogen and oxygen atoms in total. The maximum atomic E-state index is 3.43. The van der Waals surface area contributed by atoms with Crippen LogP contribution in [0.1, 0.15) is 44.2 Å². The summed E-state index contributed by atoms with van der Waals surface area (Å²) in [6.45, 7) is 3.70. The highest BCUT2D eigenvalue weighted by molar-refractivity contribution is 5.83. The first-order valence-electron chi connectivity index (χ1n) is 7.64. The maximum Gasteiger partial charge on any atom is 0.0457 e. The molecule has 3 fully saturated rings. The number of nitrogens with zero attached hydrogens (tertiary/aromatic N) is 1. The van der Waals surface area contributed by atoms with Crippen molar-refractivity contribution in [1.29, 1.82) is 0 Å². The number of benzene rings is 1. The lowest BCUT2D eigenvalue weighted by molar-refractivity contribution is 0.0191. The molecule has 0 radical (unpaired) electrons. The van der Waals surface area contributed by atoms with Crippen molar-refractivity contribution in [2.24, 2.45) is 5.92 Å².